The molecule has 0 bridgehead atoms. The van der Waals surface area contributed by atoms with Gasteiger partial charge in [-0.1, -0.05) is 42.0 Å². The van der Waals surface area contributed by atoms with Gasteiger partial charge in [0.15, 0.2) is 5.82 Å². The smallest absolute Gasteiger partial charge is 0.321 e. The quantitative estimate of drug-likeness (QED) is 0.516. The van der Waals surface area contributed by atoms with Crippen molar-refractivity contribution >= 4 is 33.0 Å². The first-order valence-corrected chi connectivity index (χ1v) is 11.1. The zero-order chi connectivity index (χ0) is 23.1. The average molecular weight is 452 g/mol. The number of carbonyl (C=O) groups excluding carboxylic acids is 1. The van der Waals surface area contributed by atoms with Crippen LogP contribution in [0.2, 0.25) is 0 Å². The van der Waals surface area contributed by atoms with E-state index >= 15 is 0 Å². The lowest BCUT2D eigenvalue weighted by Gasteiger charge is -2.11. The van der Waals surface area contributed by atoms with E-state index in [2.05, 4.69) is 9.71 Å². The highest BCUT2D eigenvalue weighted by Crippen LogP contribution is 2.09. The van der Waals surface area contributed by atoms with Gasteiger partial charge in [0, 0.05) is 5.41 Å². The topological polar surface area (TPSA) is 131 Å². The van der Waals surface area contributed by atoms with E-state index in [0.717, 1.165) is 15.5 Å². The fraction of sp³-hybridized carbons (Fsp3) is 0.182. The number of rotatable bonds is 8. The Bertz CT molecular complexity index is 1370. The van der Waals surface area contributed by atoms with E-state index in [1.54, 1.807) is 36.4 Å². The number of nitrogens with one attached hydrogen (secondary N) is 1. The summed E-state index contributed by atoms with van der Waals surface area (Å²) in [7, 11) is -3.87. The molecular formula is C22H20N4O5S. The molecule has 10 heteroatoms. The molecule has 3 rings (SSSR count). The summed E-state index contributed by atoms with van der Waals surface area (Å²) in [5.41, 5.74) is 1.72. The molecule has 0 unspecified atom stereocenters. The minimum atomic E-state index is -3.87. The molecule has 2 aromatic carbocycles. The van der Waals surface area contributed by atoms with Crippen LogP contribution in [0, 0.1) is 18.3 Å². The number of para-hydroxylation sites is 1. The molecule has 0 amide bonds. The predicted molar refractivity (Wildman–Crippen MR) is 119 cm³/mol. The normalized spacial score (nSPS) is 11.5. The molecule has 164 valence electrons. The van der Waals surface area contributed by atoms with Gasteiger partial charge >= 0.3 is 5.97 Å². The highest BCUT2D eigenvalue weighted by Gasteiger charge is 2.14. The Morgan fingerprint density at radius 1 is 1.22 bits per heavy atom. The van der Waals surface area contributed by atoms with Crippen LogP contribution in [-0.4, -0.2) is 30.5 Å². The second-order valence-corrected chi connectivity index (χ2v) is 8.49. The maximum absolute atomic E-state index is 12.6. The number of ether oxygens (including phenoxy) is 1. The first kappa shape index (κ1) is 22.9. The van der Waals surface area contributed by atoms with Crippen molar-refractivity contribution in [2.45, 2.75) is 20.1 Å². The molecule has 1 N–H and O–H groups in total. The summed E-state index contributed by atoms with van der Waals surface area (Å²) in [5, 5.41) is 10.3. The van der Waals surface area contributed by atoms with Gasteiger partial charge in [0.2, 0.25) is 10.0 Å². The summed E-state index contributed by atoms with van der Waals surface area (Å²) in [4.78, 5) is 28.9. The van der Waals surface area contributed by atoms with Gasteiger partial charge in [-0.25, -0.2) is 18.1 Å². The third-order valence-corrected chi connectivity index (χ3v) is 5.51. The molecule has 0 fully saturated rings. The van der Waals surface area contributed by atoms with E-state index in [4.69, 9.17) is 10.00 Å². The third-order valence-electron chi connectivity index (χ3n) is 4.47. The standard InChI is InChI=1S/C22H20N4O5S/c1-16-6-8-17(9-7-16)10-13-32(29,30)24-14-21(27)31-15-20-25-19-5-3-2-4-18(19)22(28)26(20)12-11-23/h2-10,13,24H,12,14-15H2,1H3/b13-10+. The van der Waals surface area contributed by atoms with Crippen molar-refractivity contribution in [3.05, 3.63) is 81.2 Å². The number of aryl methyl sites for hydroxylation is 1. The first-order chi connectivity index (χ1) is 15.3. The molecule has 1 aromatic heterocycles. The molecule has 1 heterocycles. The minimum Gasteiger partial charge on any atom is -0.457 e. The Labute approximate surface area is 184 Å². The van der Waals surface area contributed by atoms with E-state index in [1.807, 2.05) is 25.1 Å². The summed E-state index contributed by atoms with van der Waals surface area (Å²) in [6.45, 7) is 0.669. The van der Waals surface area contributed by atoms with E-state index in [0.29, 0.717) is 16.5 Å². The average Bonchev–Trinajstić information content (AvgIpc) is 2.78. The number of hydrogen-bond donors (Lipinski definition) is 1. The van der Waals surface area contributed by atoms with E-state index in [-0.39, 0.29) is 19.0 Å². The van der Waals surface area contributed by atoms with Gasteiger partial charge in [0.25, 0.3) is 5.56 Å². The molecule has 0 saturated heterocycles. The zero-order valence-corrected chi connectivity index (χ0v) is 18.0. The summed E-state index contributed by atoms with van der Waals surface area (Å²) in [6, 6.07) is 15.7. The van der Waals surface area contributed by atoms with Gasteiger partial charge in [0.1, 0.15) is 19.7 Å². The highest BCUT2D eigenvalue weighted by molar-refractivity contribution is 7.92. The molecule has 3 aromatic rings. The number of sulfonamides is 1. The third kappa shape index (κ3) is 5.87. The Kier molecular flexibility index (Phi) is 7.14. The molecule has 0 aliphatic rings. The van der Waals surface area contributed by atoms with Crippen molar-refractivity contribution in [2.24, 2.45) is 0 Å². The maximum Gasteiger partial charge on any atom is 0.321 e. The number of carbonyl (C=O) groups is 1. The summed E-state index contributed by atoms with van der Waals surface area (Å²) in [5.74, 6) is -0.769. The van der Waals surface area contributed by atoms with Crippen LogP contribution < -0.4 is 10.3 Å². The van der Waals surface area contributed by atoms with Crippen LogP contribution in [0.15, 0.2) is 58.7 Å². The van der Waals surface area contributed by atoms with Crippen molar-refractivity contribution in [1.29, 1.82) is 5.26 Å². The first-order valence-electron chi connectivity index (χ1n) is 9.54. The van der Waals surface area contributed by atoms with Crippen LogP contribution in [-0.2, 0) is 32.7 Å². The molecule has 0 spiro atoms. The van der Waals surface area contributed by atoms with Crippen molar-refractivity contribution in [1.82, 2.24) is 14.3 Å². The number of nitriles is 1. The summed E-state index contributed by atoms with van der Waals surface area (Å²) < 4.78 is 32.5. The Hall–Kier alpha value is -3.81. The van der Waals surface area contributed by atoms with E-state index in [1.165, 1.54) is 6.08 Å². The summed E-state index contributed by atoms with van der Waals surface area (Å²) >= 11 is 0. The maximum atomic E-state index is 12.6. The monoisotopic (exact) mass is 452 g/mol. The van der Waals surface area contributed by atoms with Crippen LogP contribution in [0.4, 0.5) is 0 Å². The molecular weight excluding hydrogens is 432 g/mol. The van der Waals surface area contributed by atoms with Gasteiger partial charge in [-0.2, -0.15) is 5.26 Å². The van der Waals surface area contributed by atoms with Gasteiger partial charge in [-0.05, 0) is 30.7 Å². The lowest BCUT2D eigenvalue weighted by atomic mass is 10.2. The van der Waals surface area contributed by atoms with Gasteiger partial charge in [0.05, 0.1) is 17.0 Å². The zero-order valence-electron chi connectivity index (χ0n) is 17.2. The molecule has 0 aliphatic carbocycles. The van der Waals surface area contributed by atoms with Crippen LogP contribution in [0.1, 0.15) is 17.0 Å². The highest BCUT2D eigenvalue weighted by atomic mass is 32.2. The van der Waals surface area contributed by atoms with Crippen molar-refractivity contribution < 1.29 is 17.9 Å². The van der Waals surface area contributed by atoms with Crippen LogP contribution >= 0.6 is 0 Å². The fourth-order valence-electron chi connectivity index (χ4n) is 2.81. The number of aromatic nitrogens is 2. The van der Waals surface area contributed by atoms with E-state index in [9.17, 15) is 18.0 Å². The van der Waals surface area contributed by atoms with Crippen LogP contribution in [0.3, 0.4) is 0 Å². The molecule has 32 heavy (non-hydrogen) atoms. The number of nitrogens with zero attached hydrogens (tertiary/aromatic N) is 3. The number of benzene rings is 2. The van der Waals surface area contributed by atoms with Gasteiger partial charge in [-0.3, -0.25) is 14.2 Å². The number of fused-ring (bicyclic) bond motifs is 1. The second-order valence-electron chi connectivity index (χ2n) is 6.83. The Morgan fingerprint density at radius 3 is 2.66 bits per heavy atom. The van der Waals surface area contributed by atoms with Crippen molar-refractivity contribution in [3.8, 4) is 6.07 Å². The van der Waals surface area contributed by atoms with Gasteiger partial charge < -0.3 is 4.74 Å². The molecule has 0 saturated carbocycles. The van der Waals surface area contributed by atoms with Crippen LogP contribution in [0.25, 0.3) is 17.0 Å². The number of esters is 1. The lowest BCUT2D eigenvalue weighted by molar-refractivity contribution is -0.143. The van der Waals surface area contributed by atoms with Crippen molar-refractivity contribution in [3.63, 3.8) is 0 Å². The summed E-state index contributed by atoms with van der Waals surface area (Å²) in [6.07, 6.45) is 1.41. The Balaban J connectivity index is 1.64. The second kappa shape index (κ2) is 10.00. The molecule has 0 radical (unpaired) electrons. The molecule has 0 atom stereocenters. The molecule has 0 aliphatic heterocycles. The lowest BCUT2D eigenvalue weighted by Crippen LogP contribution is -2.30. The minimum absolute atomic E-state index is 0.0886. The van der Waals surface area contributed by atoms with Gasteiger partial charge in [-0.15, -0.1) is 0 Å². The predicted octanol–water partition coefficient (Wildman–Crippen LogP) is 1.86. The Morgan fingerprint density at radius 2 is 1.94 bits per heavy atom. The van der Waals surface area contributed by atoms with Crippen LogP contribution in [0.5, 0.6) is 0 Å². The number of hydrogen-bond acceptors (Lipinski definition) is 7. The SMILES string of the molecule is Cc1ccc(/C=C/S(=O)(=O)NCC(=O)OCc2nc3ccccc3c(=O)n2CC#N)cc1. The molecule has 9 nitrogen and oxygen atoms in total. The largest absolute Gasteiger partial charge is 0.457 e. The van der Waals surface area contributed by atoms with Crippen molar-refractivity contribution in [2.75, 3.05) is 6.54 Å². The van der Waals surface area contributed by atoms with E-state index < -0.39 is 28.1 Å². The fourth-order valence-corrected chi connectivity index (χ4v) is 3.56.